The Labute approximate surface area is 182 Å². The van der Waals surface area contributed by atoms with Crippen molar-refractivity contribution in [1.82, 2.24) is 5.32 Å². The largest absolute Gasteiger partial charge is 0.465 e. The van der Waals surface area contributed by atoms with E-state index in [1.165, 1.54) is 11.8 Å². The molecule has 3 atom stereocenters. The quantitative estimate of drug-likeness (QED) is 0.348. The van der Waals surface area contributed by atoms with Crippen LogP contribution in [0.25, 0.3) is 0 Å². The van der Waals surface area contributed by atoms with E-state index in [0.29, 0.717) is 19.4 Å². The zero-order valence-electron chi connectivity index (χ0n) is 17.3. The maximum absolute atomic E-state index is 12.9. The zero-order chi connectivity index (χ0) is 22.1. The molecule has 1 fully saturated rings. The molecule has 2 rings (SSSR count). The fraction of sp³-hybridized carbons (Fsp3) is 0.571. The number of carbonyl (C=O) groups is 2. The van der Waals surface area contributed by atoms with Gasteiger partial charge in [-0.2, -0.15) is 5.26 Å². The molecule has 30 heavy (non-hydrogen) atoms. The molecule has 7 nitrogen and oxygen atoms in total. The van der Waals surface area contributed by atoms with Crippen LogP contribution in [0, 0.1) is 23.2 Å². The van der Waals surface area contributed by atoms with Crippen LogP contribution in [-0.4, -0.2) is 44.4 Å². The number of hydrogen-bond acceptors (Lipinski definition) is 7. The van der Waals surface area contributed by atoms with Crippen molar-refractivity contribution in [2.45, 2.75) is 54.6 Å². The molecule has 1 amide bonds. The van der Waals surface area contributed by atoms with Crippen molar-refractivity contribution in [3.05, 3.63) is 24.3 Å². The minimum absolute atomic E-state index is 0.0713. The van der Waals surface area contributed by atoms with Gasteiger partial charge < -0.3 is 10.1 Å². The number of nitrogens with zero attached hydrogens (tertiary/aromatic N) is 1. The maximum Gasteiger partial charge on any atom is 0.319 e. The molecular weight excluding hydrogens is 424 g/mol. The molecule has 0 radical (unpaired) electrons. The predicted molar refractivity (Wildman–Crippen MR) is 115 cm³/mol. The standard InChI is InChI=1S/C21H28N2O5S2/c1-3-28-21(25)15(2)29-17-8-10-18(11-9-17)30(26,27)14-16-6-4-5-7-19(16)20(24)23-13-12-22/h8-11,15-16,19H,3-7,13-14H2,1-2H3,(H,23,24). The normalized spacial score (nSPS) is 20.0. The number of carbonyl (C=O) groups excluding carboxylic acids is 2. The van der Waals surface area contributed by atoms with E-state index in [0.717, 1.165) is 17.7 Å². The molecular formula is C21H28N2O5S2. The van der Waals surface area contributed by atoms with Gasteiger partial charge in [-0.25, -0.2) is 8.42 Å². The highest BCUT2D eigenvalue weighted by Gasteiger charge is 2.34. The van der Waals surface area contributed by atoms with Gasteiger partial charge in [-0.1, -0.05) is 12.8 Å². The number of esters is 1. The van der Waals surface area contributed by atoms with Crippen molar-refractivity contribution < 1.29 is 22.7 Å². The van der Waals surface area contributed by atoms with E-state index in [1.807, 2.05) is 6.07 Å². The second kappa shape index (κ2) is 11.4. The topological polar surface area (TPSA) is 113 Å². The predicted octanol–water partition coefficient (Wildman–Crippen LogP) is 2.95. The van der Waals surface area contributed by atoms with Crippen LogP contribution in [0.15, 0.2) is 34.1 Å². The van der Waals surface area contributed by atoms with E-state index in [-0.39, 0.29) is 46.2 Å². The molecule has 0 aromatic heterocycles. The molecule has 1 saturated carbocycles. The zero-order valence-corrected chi connectivity index (χ0v) is 18.9. The van der Waals surface area contributed by atoms with Crippen molar-refractivity contribution >= 4 is 33.5 Å². The van der Waals surface area contributed by atoms with E-state index in [4.69, 9.17) is 10.00 Å². The molecule has 1 aliphatic rings. The van der Waals surface area contributed by atoms with Crippen molar-refractivity contribution in [3.63, 3.8) is 0 Å². The molecule has 0 saturated heterocycles. The highest BCUT2D eigenvalue weighted by Crippen LogP contribution is 2.33. The minimum atomic E-state index is -3.56. The number of amides is 1. The number of ether oxygens (including phenoxy) is 1. The minimum Gasteiger partial charge on any atom is -0.465 e. The van der Waals surface area contributed by atoms with E-state index in [1.54, 1.807) is 38.1 Å². The van der Waals surface area contributed by atoms with Crippen molar-refractivity contribution in [2.24, 2.45) is 11.8 Å². The maximum atomic E-state index is 12.9. The summed E-state index contributed by atoms with van der Waals surface area (Å²) in [4.78, 5) is 25.1. The van der Waals surface area contributed by atoms with Crippen LogP contribution in [0.2, 0.25) is 0 Å². The summed E-state index contributed by atoms with van der Waals surface area (Å²) in [5.74, 6) is -1.29. The Morgan fingerprint density at radius 2 is 1.93 bits per heavy atom. The van der Waals surface area contributed by atoms with Gasteiger partial charge in [-0.15, -0.1) is 11.8 Å². The second-order valence-electron chi connectivity index (χ2n) is 7.29. The van der Waals surface area contributed by atoms with E-state index >= 15 is 0 Å². The van der Waals surface area contributed by atoms with E-state index in [2.05, 4.69) is 5.32 Å². The van der Waals surface area contributed by atoms with Crippen molar-refractivity contribution in [2.75, 3.05) is 18.9 Å². The summed E-state index contributed by atoms with van der Waals surface area (Å²) in [5, 5.41) is 10.8. The molecule has 3 unspecified atom stereocenters. The van der Waals surface area contributed by atoms with Gasteiger partial charge in [0.25, 0.3) is 0 Å². The Morgan fingerprint density at radius 3 is 2.57 bits per heavy atom. The number of hydrogen-bond donors (Lipinski definition) is 1. The smallest absolute Gasteiger partial charge is 0.319 e. The number of thioether (sulfide) groups is 1. The number of benzene rings is 1. The van der Waals surface area contributed by atoms with E-state index < -0.39 is 9.84 Å². The Morgan fingerprint density at radius 1 is 1.27 bits per heavy atom. The Kier molecular flexibility index (Phi) is 9.18. The number of rotatable bonds is 9. The van der Waals surface area contributed by atoms with Gasteiger partial charge in [-0.3, -0.25) is 9.59 Å². The lowest BCUT2D eigenvalue weighted by atomic mass is 9.80. The lowest BCUT2D eigenvalue weighted by Crippen LogP contribution is -2.39. The summed E-state index contributed by atoms with van der Waals surface area (Å²) in [6, 6.07) is 8.34. The van der Waals surface area contributed by atoms with Crippen molar-refractivity contribution in [3.8, 4) is 6.07 Å². The third-order valence-corrected chi connectivity index (χ3v) is 8.08. The average molecular weight is 453 g/mol. The van der Waals surface area contributed by atoms with Crippen LogP contribution < -0.4 is 5.32 Å². The fourth-order valence-electron chi connectivity index (χ4n) is 3.63. The average Bonchev–Trinajstić information content (AvgIpc) is 2.72. The molecule has 1 N–H and O–H groups in total. The fourth-order valence-corrected chi connectivity index (χ4v) is 6.20. The number of nitriles is 1. The van der Waals surface area contributed by atoms with Crippen LogP contribution in [0.5, 0.6) is 0 Å². The summed E-state index contributed by atoms with van der Waals surface area (Å²) in [5.41, 5.74) is 0. The van der Waals surface area contributed by atoms with Crippen LogP contribution >= 0.6 is 11.8 Å². The van der Waals surface area contributed by atoms with Gasteiger partial charge in [0.05, 0.1) is 23.3 Å². The van der Waals surface area contributed by atoms with E-state index in [9.17, 15) is 18.0 Å². The summed E-state index contributed by atoms with van der Waals surface area (Å²) >= 11 is 1.31. The van der Waals surface area contributed by atoms with Crippen LogP contribution in [-0.2, 0) is 24.2 Å². The Balaban J connectivity index is 2.06. The number of nitrogens with one attached hydrogen (secondary N) is 1. The molecule has 0 aliphatic heterocycles. The summed E-state index contributed by atoms with van der Waals surface area (Å²) < 4.78 is 30.9. The highest BCUT2D eigenvalue weighted by atomic mass is 32.2. The SMILES string of the molecule is CCOC(=O)C(C)Sc1ccc(S(=O)(=O)CC2CCCCC2C(=O)NCC#N)cc1. The number of sulfone groups is 1. The first-order valence-corrected chi connectivity index (χ1v) is 12.6. The van der Waals surface area contributed by atoms with Gasteiger partial charge in [0.15, 0.2) is 9.84 Å². The summed E-state index contributed by atoms with van der Waals surface area (Å²) in [6.45, 7) is 3.74. The monoisotopic (exact) mass is 452 g/mol. The van der Waals surface area contributed by atoms with Crippen LogP contribution in [0.3, 0.4) is 0 Å². The van der Waals surface area contributed by atoms with Crippen LogP contribution in [0.4, 0.5) is 0 Å². The third-order valence-electron chi connectivity index (χ3n) is 5.14. The molecule has 0 spiro atoms. The summed E-state index contributed by atoms with van der Waals surface area (Å²) in [7, 11) is -3.56. The molecule has 0 heterocycles. The van der Waals surface area contributed by atoms with Gasteiger partial charge >= 0.3 is 5.97 Å². The van der Waals surface area contributed by atoms with Gasteiger partial charge in [0, 0.05) is 10.8 Å². The Hall–Kier alpha value is -2.05. The lowest BCUT2D eigenvalue weighted by Gasteiger charge is -2.30. The first kappa shape index (κ1) is 24.2. The van der Waals surface area contributed by atoms with Gasteiger partial charge in [0.1, 0.15) is 11.8 Å². The Bertz CT molecular complexity index is 878. The molecule has 9 heteroatoms. The van der Waals surface area contributed by atoms with Gasteiger partial charge in [-0.05, 0) is 56.9 Å². The molecule has 0 bridgehead atoms. The third kappa shape index (κ3) is 6.74. The van der Waals surface area contributed by atoms with Crippen LogP contribution in [0.1, 0.15) is 39.5 Å². The van der Waals surface area contributed by atoms with Gasteiger partial charge in [0.2, 0.25) is 5.91 Å². The molecule has 1 aliphatic carbocycles. The highest BCUT2D eigenvalue weighted by molar-refractivity contribution is 8.00. The molecule has 164 valence electrons. The first-order valence-electron chi connectivity index (χ1n) is 10.1. The second-order valence-corrected chi connectivity index (χ2v) is 10.7. The molecule has 1 aromatic rings. The first-order chi connectivity index (χ1) is 14.3. The lowest BCUT2D eigenvalue weighted by molar-refractivity contribution is -0.142. The molecule has 1 aromatic carbocycles. The summed E-state index contributed by atoms with van der Waals surface area (Å²) in [6.07, 6.45) is 3.09. The van der Waals surface area contributed by atoms with Crippen molar-refractivity contribution in [1.29, 1.82) is 5.26 Å².